The first-order valence-corrected chi connectivity index (χ1v) is 10.4. The van der Waals surface area contributed by atoms with Crippen molar-refractivity contribution >= 4 is 45.6 Å². The topological polar surface area (TPSA) is 96.8 Å². The Hall–Kier alpha value is -4.72. The van der Waals surface area contributed by atoms with Gasteiger partial charge in [0.2, 0.25) is 5.91 Å². The number of nitrogens with one attached hydrogen (secondary N) is 3. The first-order chi connectivity index (χ1) is 16.2. The number of rotatable bonds is 7. The van der Waals surface area contributed by atoms with E-state index in [4.69, 9.17) is 0 Å². The number of hydrogen-bond donors (Lipinski definition) is 3. The van der Waals surface area contributed by atoms with Crippen LogP contribution in [-0.2, 0) is 11.3 Å². The molecule has 3 N–H and O–H groups in total. The van der Waals surface area contributed by atoms with Gasteiger partial charge in [-0.25, -0.2) is 15.0 Å². The van der Waals surface area contributed by atoms with Crippen LogP contribution < -0.4 is 16.0 Å². The molecule has 2 aromatic carbocycles. The Balaban J connectivity index is 1.20. The largest absolute Gasteiger partial charge is 0.340 e. The van der Waals surface area contributed by atoms with Crippen molar-refractivity contribution < 1.29 is 4.79 Å². The van der Waals surface area contributed by atoms with Crippen LogP contribution in [0.5, 0.6) is 0 Å². The zero-order valence-electron chi connectivity index (χ0n) is 17.6. The standard InChI is InChI=1S/C25H21N7O/c33-25(16-32-14-12-18-5-1-2-6-21(18)32)30-20-10-8-19(9-11-20)29-23-15-24(28-17-27-23)31-22-7-3-4-13-26-22/h1-15,17H,16H2,(H,30,33)(H2,26,27,28,29,31). The first kappa shape index (κ1) is 20.2. The van der Waals surface area contributed by atoms with Gasteiger partial charge in [0.05, 0.1) is 0 Å². The van der Waals surface area contributed by atoms with E-state index in [1.807, 2.05) is 83.6 Å². The molecule has 0 aliphatic carbocycles. The van der Waals surface area contributed by atoms with Gasteiger partial charge < -0.3 is 20.5 Å². The van der Waals surface area contributed by atoms with Crippen LogP contribution in [0.25, 0.3) is 10.9 Å². The van der Waals surface area contributed by atoms with Crippen molar-refractivity contribution in [2.75, 3.05) is 16.0 Å². The predicted octanol–water partition coefficient (Wildman–Crippen LogP) is 4.95. The van der Waals surface area contributed by atoms with Crippen LogP contribution in [0.3, 0.4) is 0 Å². The van der Waals surface area contributed by atoms with Gasteiger partial charge in [0, 0.05) is 35.4 Å². The van der Waals surface area contributed by atoms with Crippen molar-refractivity contribution in [1.82, 2.24) is 19.5 Å². The Kier molecular flexibility index (Phi) is 5.62. The maximum absolute atomic E-state index is 12.5. The molecule has 5 rings (SSSR count). The van der Waals surface area contributed by atoms with Gasteiger partial charge in [-0.15, -0.1) is 0 Å². The quantitative estimate of drug-likeness (QED) is 0.335. The number of para-hydroxylation sites is 1. The molecule has 0 bridgehead atoms. The molecule has 0 aliphatic rings. The van der Waals surface area contributed by atoms with E-state index in [-0.39, 0.29) is 12.5 Å². The third-order valence-electron chi connectivity index (χ3n) is 5.02. The average Bonchev–Trinajstić information content (AvgIpc) is 3.24. The summed E-state index contributed by atoms with van der Waals surface area (Å²) < 4.78 is 1.94. The summed E-state index contributed by atoms with van der Waals surface area (Å²) in [5.41, 5.74) is 2.60. The number of benzene rings is 2. The molecule has 8 nitrogen and oxygen atoms in total. The van der Waals surface area contributed by atoms with Gasteiger partial charge in [0.15, 0.2) is 0 Å². The van der Waals surface area contributed by atoms with Crippen molar-refractivity contribution in [1.29, 1.82) is 0 Å². The first-order valence-electron chi connectivity index (χ1n) is 10.4. The van der Waals surface area contributed by atoms with Gasteiger partial charge in [-0.05, 0) is 53.9 Å². The lowest BCUT2D eigenvalue weighted by Gasteiger charge is -2.10. The highest BCUT2D eigenvalue weighted by Gasteiger charge is 2.07. The fraction of sp³-hybridized carbons (Fsp3) is 0.0400. The summed E-state index contributed by atoms with van der Waals surface area (Å²) in [7, 11) is 0. The highest BCUT2D eigenvalue weighted by atomic mass is 16.1. The minimum Gasteiger partial charge on any atom is -0.340 e. The Bertz CT molecular complexity index is 1380. The van der Waals surface area contributed by atoms with E-state index in [9.17, 15) is 4.79 Å². The summed E-state index contributed by atoms with van der Waals surface area (Å²) in [4.78, 5) is 25.2. The molecule has 0 fully saturated rings. The van der Waals surface area contributed by atoms with Crippen LogP contribution in [0.1, 0.15) is 0 Å². The summed E-state index contributed by atoms with van der Waals surface area (Å²) in [5, 5.41) is 10.4. The molecular formula is C25H21N7O. The summed E-state index contributed by atoms with van der Waals surface area (Å²) >= 11 is 0. The van der Waals surface area contributed by atoms with Crippen molar-refractivity contribution in [3.63, 3.8) is 0 Å². The van der Waals surface area contributed by atoms with Crippen LogP contribution in [0, 0.1) is 0 Å². The van der Waals surface area contributed by atoms with E-state index in [2.05, 4.69) is 30.9 Å². The third-order valence-corrected chi connectivity index (χ3v) is 5.02. The number of aromatic nitrogens is 4. The molecular weight excluding hydrogens is 414 g/mol. The van der Waals surface area contributed by atoms with Gasteiger partial charge in [-0.3, -0.25) is 4.79 Å². The normalized spacial score (nSPS) is 10.7. The van der Waals surface area contributed by atoms with Crippen molar-refractivity contribution in [3.8, 4) is 0 Å². The van der Waals surface area contributed by atoms with Gasteiger partial charge in [0.1, 0.15) is 30.3 Å². The minimum atomic E-state index is -0.0851. The Morgan fingerprint density at radius 1 is 0.758 bits per heavy atom. The molecule has 0 radical (unpaired) electrons. The minimum absolute atomic E-state index is 0.0851. The maximum Gasteiger partial charge on any atom is 0.244 e. The zero-order valence-corrected chi connectivity index (χ0v) is 17.6. The van der Waals surface area contributed by atoms with E-state index >= 15 is 0 Å². The van der Waals surface area contributed by atoms with Crippen LogP contribution in [0.4, 0.5) is 28.8 Å². The van der Waals surface area contributed by atoms with Gasteiger partial charge in [-0.2, -0.15) is 0 Å². The van der Waals surface area contributed by atoms with Crippen LogP contribution in [0.2, 0.25) is 0 Å². The number of carbonyl (C=O) groups excluding carboxylic acids is 1. The van der Waals surface area contributed by atoms with Gasteiger partial charge >= 0.3 is 0 Å². The number of amides is 1. The monoisotopic (exact) mass is 435 g/mol. The molecule has 0 unspecified atom stereocenters. The van der Waals surface area contributed by atoms with Crippen LogP contribution in [-0.4, -0.2) is 25.4 Å². The van der Waals surface area contributed by atoms with Gasteiger partial charge in [-0.1, -0.05) is 24.3 Å². The number of fused-ring (bicyclic) bond motifs is 1. The molecule has 3 heterocycles. The average molecular weight is 435 g/mol. The third kappa shape index (κ3) is 4.96. The summed E-state index contributed by atoms with van der Waals surface area (Å²) in [6.07, 6.45) is 5.12. The fourth-order valence-corrected chi connectivity index (χ4v) is 3.48. The second-order valence-corrected chi connectivity index (χ2v) is 7.38. The molecule has 8 heteroatoms. The maximum atomic E-state index is 12.5. The van der Waals surface area contributed by atoms with E-state index in [1.165, 1.54) is 6.33 Å². The van der Waals surface area contributed by atoms with E-state index < -0.39 is 0 Å². The summed E-state index contributed by atoms with van der Waals surface area (Å²) in [6.45, 7) is 0.250. The molecule has 33 heavy (non-hydrogen) atoms. The van der Waals surface area contributed by atoms with Crippen LogP contribution in [0.15, 0.2) is 97.6 Å². The molecule has 0 aliphatic heterocycles. The predicted molar refractivity (Wildman–Crippen MR) is 130 cm³/mol. The summed E-state index contributed by atoms with van der Waals surface area (Å²) in [5.74, 6) is 1.89. The summed E-state index contributed by atoms with van der Waals surface area (Å²) in [6, 6.07) is 24.9. The van der Waals surface area contributed by atoms with Crippen molar-refractivity contribution in [2.24, 2.45) is 0 Å². The highest BCUT2D eigenvalue weighted by Crippen LogP contribution is 2.20. The lowest BCUT2D eigenvalue weighted by atomic mass is 10.2. The number of nitrogens with zero attached hydrogens (tertiary/aromatic N) is 4. The lowest BCUT2D eigenvalue weighted by Crippen LogP contribution is -2.18. The SMILES string of the molecule is O=C(Cn1ccc2ccccc21)Nc1ccc(Nc2cc(Nc3ccccn3)ncn2)cc1. The molecule has 0 saturated carbocycles. The number of carbonyl (C=O) groups is 1. The smallest absolute Gasteiger partial charge is 0.244 e. The zero-order chi connectivity index (χ0) is 22.5. The number of pyridine rings is 1. The number of hydrogen-bond acceptors (Lipinski definition) is 6. The molecule has 0 saturated heterocycles. The lowest BCUT2D eigenvalue weighted by molar-refractivity contribution is -0.116. The molecule has 0 spiro atoms. The molecule has 1 amide bonds. The molecule has 0 atom stereocenters. The van der Waals surface area contributed by atoms with E-state index in [1.54, 1.807) is 12.3 Å². The molecule has 162 valence electrons. The van der Waals surface area contributed by atoms with E-state index in [0.29, 0.717) is 17.5 Å². The Morgan fingerprint density at radius 2 is 1.52 bits per heavy atom. The Morgan fingerprint density at radius 3 is 2.33 bits per heavy atom. The Labute approximate surface area is 190 Å². The highest BCUT2D eigenvalue weighted by molar-refractivity contribution is 5.92. The molecule has 5 aromatic rings. The van der Waals surface area contributed by atoms with Crippen molar-refractivity contribution in [3.05, 3.63) is 97.6 Å². The number of anilines is 5. The van der Waals surface area contributed by atoms with Gasteiger partial charge in [0.25, 0.3) is 0 Å². The van der Waals surface area contributed by atoms with Crippen LogP contribution >= 0.6 is 0 Å². The van der Waals surface area contributed by atoms with Crippen molar-refractivity contribution in [2.45, 2.75) is 6.54 Å². The van der Waals surface area contributed by atoms with E-state index in [0.717, 1.165) is 22.3 Å². The molecule has 3 aromatic heterocycles. The second kappa shape index (κ2) is 9.19. The fourth-order valence-electron chi connectivity index (χ4n) is 3.48. The second-order valence-electron chi connectivity index (χ2n) is 7.38.